The molecule has 0 bridgehead atoms. The third-order valence-corrected chi connectivity index (χ3v) is 2.06. The van der Waals surface area contributed by atoms with E-state index in [2.05, 4.69) is 27.7 Å². The van der Waals surface area contributed by atoms with E-state index < -0.39 is 0 Å². The van der Waals surface area contributed by atoms with Crippen molar-refractivity contribution < 1.29 is 131 Å². The summed E-state index contributed by atoms with van der Waals surface area (Å²) in [5, 5.41) is 0. The Kier molecular flexibility index (Phi) is 119. The molecule has 102 valence electrons. The molecule has 0 aliphatic heterocycles. The van der Waals surface area contributed by atoms with Crippen LogP contribution in [0.5, 0.6) is 0 Å². The Morgan fingerprint density at radius 1 is 0.556 bits per heavy atom. The van der Waals surface area contributed by atoms with Crippen LogP contribution in [0.4, 0.5) is 0 Å². The summed E-state index contributed by atoms with van der Waals surface area (Å²) in [5.41, 5.74) is 0. The van der Waals surface area contributed by atoms with Crippen molar-refractivity contribution in [3.05, 3.63) is 14.4 Å². The molecule has 0 saturated heterocycles. The van der Waals surface area contributed by atoms with Crippen molar-refractivity contribution in [1.82, 2.24) is 0 Å². The van der Waals surface area contributed by atoms with Crippen LogP contribution in [0.2, 0.25) is 0 Å². The maximum atomic E-state index is 3.60. The molecule has 0 aromatic rings. The Bertz CT molecular complexity index is 62.8. The van der Waals surface area contributed by atoms with Gasteiger partial charge in [0, 0.05) is 131 Å². The van der Waals surface area contributed by atoms with Crippen LogP contribution in [0.15, 0.2) is 0 Å². The van der Waals surface area contributed by atoms with Gasteiger partial charge in [-0.2, -0.15) is 6.42 Å². The first-order valence-electron chi connectivity index (χ1n) is 6.12. The Morgan fingerprint density at radius 2 is 0.778 bits per heavy atom. The topological polar surface area (TPSA) is 0 Å². The van der Waals surface area contributed by atoms with E-state index >= 15 is 0 Å². The fourth-order valence-corrected chi connectivity index (χ4v) is 1.03. The van der Waals surface area contributed by atoms with Crippen LogP contribution in [-0.4, -0.2) is 0 Å². The number of rotatable bonds is 7. The molecule has 0 aromatic carbocycles. The molecule has 0 aliphatic rings. The Morgan fingerprint density at radius 3 is 0.944 bits per heavy atom. The second kappa shape index (κ2) is 49.6. The zero-order valence-electron chi connectivity index (χ0n) is 13.4. The summed E-state index contributed by atoms with van der Waals surface area (Å²) in [7, 11) is 0. The smallest absolute Gasteiger partial charge is 0 e. The van der Waals surface area contributed by atoms with E-state index in [0.717, 1.165) is 6.42 Å². The van der Waals surface area contributed by atoms with Gasteiger partial charge in [-0.1, -0.05) is 72.1 Å². The van der Waals surface area contributed by atoms with Gasteiger partial charge in [0.1, 0.15) is 0 Å². The van der Waals surface area contributed by atoms with Crippen LogP contribution < -0.4 is 0 Å². The largest absolute Gasteiger partial charge is 0.358 e. The SMILES string of the molecule is CCCCCCCCC.[CH2-]CCC.[CH3-].[Y].[Y].[Y].[Y]. The van der Waals surface area contributed by atoms with Gasteiger partial charge in [-0.15, -0.1) is 0 Å². The minimum Gasteiger partial charge on any atom is -0.358 e. The normalized spacial score (nSPS) is 6.67. The van der Waals surface area contributed by atoms with Crippen molar-refractivity contribution in [2.75, 3.05) is 0 Å². The molecular formula is C14H32Y4-2. The zero-order valence-corrected chi connectivity index (χ0v) is 24.7. The Labute approximate surface area is 219 Å². The van der Waals surface area contributed by atoms with Gasteiger partial charge in [0.2, 0.25) is 0 Å². The number of unbranched alkanes of at least 4 members (excludes halogenated alkanes) is 7. The van der Waals surface area contributed by atoms with Crippen LogP contribution >= 0.6 is 0 Å². The van der Waals surface area contributed by atoms with E-state index in [1.165, 1.54) is 51.4 Å². The molecule has 4 radical (unpaired) electrons. The molecule has 0 amide bonds. The molecule has 0 nitrogen and oxygen atoms in total. The van der Waals surface area contributed by atoms with Crippen molar-refractivity contribution in [1.29, 1.82) is 0 Å². The van der Waals surface area contributed by atoms with Gasteiger partial charge in [-0.25, -0.2) is 0 Å². The third-order valence-electron chi connectivity index (χ3n) is 2.06. The van der Waals surface area contributed by atoms with Crippen molar-refractivity contribution in [3.63, 3.8) is 0 Å². The third kappa shape index (κ3) is 59.1. The van der Waals surface area contributed by atoms with Gasteiger partial charge >= 0.3 is 0 Å². The Hall–Kier alpha value is 4.42. The van der Waals surface area contributed by atoms with Crippen LogP contribution in [0.25, 0.3) is 0 Å². The molecule has 0 unspecified atom stereocenters. The number of hydrogen-bond acceptors (Lipinski definition) is 0. The van der Waals surface area contributed by atoms with Gasteiger partial charge in [0.15, 0.2) is 0 Å². The molecule has 0 aliphatic carbocycles. The summed E-state index contributed by atoms with van der Waals surface area (Å²) in [6.45, 7) is 10.2. The van der Waals surface area contributed by atoms with E-state index in [4.69, 9.17) is 0 Å². The van der Waals surface area contributed by atoms with Crippen LogP contribution in [0.3, 0.4) is 0 Å². The molecular weight excluding hydrogens is 524 g/mol. The molecule has 0 aromatic heterocycles. The van der Waals surface area contributed by atoms with Crippen LogP contribution in [-0.2, 0) is 131 Å². The Balaban J connectivity index is -0.0000000243. The van der Waals surface area contributed by atoms with E-state index in [-0.39, 0.29) is 138 Å². The van der Waals surface area contributed by atoms with Crippen molar-refractivity contribution in [3.8, 4) is 0 Å². The molecule has 18 heavy (non-hydrogen) atoms. The van der Waals surface area contributed by atoms with Crippen LogP contribution in [0, 0.1) is 14.4 Å². The van der Waals surface area contributed by atoms with Crippen molar-refractivity contribution in [2.45, 2.75) is 78.6 Å². The summed E-state index contributed by atoms with van der Waals surface area (Å²) in [6.07, 6.45) is 12.3. The molecule has 4 heteroatoms. The van der Waals surface area contributed by atoms with Gasteiger partial charge in [0.25, 0.3) is 0 Å². The summed E-state index contributed by atoms with van der Waals surface area (Å²) < 4.78 is 0. The minimum absolute atomic E-state index is 0. The average molecular weight is 556 g/mol. The summed E-state index contributed by atoms with van der Waals surface area (Å²) in [5.74, 6) is 0. The molecule has 0 rings (SSSR count). The van der Waals surface area contributed by atoms with Crippen LogP contribution in [0.1, 0.15) is 78.6 Å². The number of hydrogen-bond donors (Lipinski definition) is 0. The predicted molar refractivity (Wildman–Crippen MR) is 70.3 cm³/mol. The van der Waals surface area contributed by atoms with E-state index in [0.29, 0.717) is 0 Å². The average Bonchev–Trinajstić information content (AvgIpc) is 2.18. The van der Waals surface area contributed by atoms with Gasteiger partial charge in [-0.05, 0) is 0 Å². The molecule has 0 N–H and O–H groups in total. The molecule has 0 heterocycles. The summed E-state index contributed by atoms with van der Waals surface area (Å²) >= 11 is 0. The zero-order chi connectivity index (χ0) is 10.4. The first-order chi connectivity index (χ1) is 6.33. The summed E-state index contributed by atoms with van der Waals surface area (Å²) in [4.78, 5) is 0. The van der Waals surface area contributed by atoms with E-state index in [9.17, 15) is 0 Å². The molecule has 0 saturated carbocycles. The monoisotopic (exact) mass is 556 g/mol. The van der Waals surface area contributed by atoms with Gasteiger partial charge in [0.05, 0.1) is 0 Å². The molecule has 0 atom stereocenters. The van der Waals surface area contributed by atoms with Gasteiger partial charge < -0.3 is 14.4 Å². The second-order valence-corrected chi connectivity index (χ2v) is 3.62. The maximum Gasteiger partial charge on any atom is 0 e. The molecule has 0 fully saturated rings. The van der Waals surface area contributed by atoms with E-state index in [1.54, 1.807) is 0 Å². The van der Waals surface area contributed by atoms with Gasteiger partial charge in [-0.3, -0.25) is 0 Å². The minimum atomic E-state index is 0. The first kappa shape index (κ1) is 43.3. The predicted octanol–water partition coefficient (Wildman–Crippen LogP) is 5.82. The van der Waals surface area contributed by atoms with Crippen molar-refractivity contribution in [2.24, 2.45) is 0 Å². The summed E-state index contributed by atoms with van der Waals surface area (Å²) in [6, 6.07) is 0. The maximum absolute atomic E-state index is 3.60. The fraction of sp³-hybridized carbons (Fsp3) is 0.857. The fourth-order valence-electron chi connectivity index (χ4n) is 1.03. The second-order valence-electron chi connectivity index (χ2n) is 3.62. The standard InChI is InChI=1S/C9H20.C4H9.CH3.4Y/c1-3-5-7-9-8-6-4-2;1-3-4-2;;;;;/h3-9H2,1-2H3;1,3-4H2,2H3;1H3;;;;/q;2*-1;;;;. The quantitative estimate of drug-likeness (QED) is 0.274. The van der Waals surface area contributed by atoms with Crippen molar-refractivity contribution >= 4 is 0 Å². The van der Waals surface area contributed by atoms with E-state index in [1.807, 2.05) is 0 Å². The molecule has 0 spiro atoms. The first-order valence-corrected chi connectivity index (χ1v) is 6.12.